The summed E-state index contributed by atoms with van der Waals surface area (Å²) in [4.78, 5) is 14.6. The van der Waals surface area contributed by atoms with Crippen LogP contribution < -0.4 is 0 Å². The second-order valence-corrected chi connectivity index (χ2v) is 7.36. The molecule has 0 saturated heterocycles. The van der Waals surface area contributed by atoms with Crippen molar-refractivity contribution in [1.29, 1.82) is 0 Å². The molecule has 2 aromatic rings. The highest BCUT2D eigenvalue weighted by molar-refractivity contribution is 5.81. The number of halogens is 1. The second kappa shape index (κ2) is 7.56. The lowest BCUT2D eigenvalue weighted by atomic mass is 10.1. The molecule has 1 saturated carbocycles. The van der Waals surface area contributed by atoms with Gasteiger partial charge in [-0.05, 0) is 49.9 Å². The number of fused-ring (bicyclic) bond motifs is 1. The van der Waals surface area contributed by atoms with Crippen molar-refractivity contribution in [3.8, 4) is 11.4 Å². The average molecular weight is 356 g/mol. The highest BCUT2D eigenvalue weighted by Gasteiger charge is 2.33. The summed E-state index contributed by atoms with van der Waals surface area (Å²) in [5.74, 6) is 2.03. The van der Waals surface area contributed by atoms with Crippen molar-refractivity contribution >= 4 is 5.91 Å². The Kier molecular flexibility index (Phi) is 5.00. The van der Waals surface area contributed by atoms with E-state index in [2.05, 4.69) is 14.8 Å². The monoisotopic (exact) mass is 356 g/mol. The number of rotatable bonds is 2. The van der Waals surface area contributed by atoms with Gasteiger partial charge in [-0.3, -0.25) is 4.79 Å². The highest BCUT2D eigenvalue weighted by atomic mass is 19.1. The largest absolute Gasteiger partial charge is 0.342 e. The predicted molar refractivity (Wildman–Crippen MR) is 96.9 cm³/mol. The molecule has 4 rings (SSSR count). The zero-order chi connectivity index (χ0) is 17.9. The van der Waals surface area contributed by atoms with Crippen LogP contribution in [0.25, 0.3) is 11.4 Å². The van der Waals surface area contributed by atoms with Gasteiger partial charge >= 0.3 is 0 Å². The van der Waals surface area contributed by atoms with E-state index >= 15 is 0 Å². The molecule has 0 radical (unpaired) electrons. The second-order valence-electron chi connectivity index (χ2n) is 7.36. The fraction of sp³-hybridized carbons (Fsp3) is 0.550. The molecule has 5 nitrogen and oxygen atoms in total. The Morgan fingerprint density at radius 3 is 2.42 bits per heavy atom. The Balaban J connectivity index is 1.57. The molecule has 1 aromatic heterocycles. The molecule has 1 aliphatic carbocycles. The van der Waals surface area contributed by atoms with Crippen molar-refractivity contribution in [2.24, 2.45) is 5.92 Å². The molecule has 0 bridgehead atoms. The van der Waals surface area contributed by atoms with Gasteiger partial charge < -0.3 is 9.47 Å². The zero-order valence-corrected chi connectivity index (χ0v) is 15.0. The van der Waals surface area contributed by atoms with Gasteiger partial charge in [0.25, 0.3) is 0 Å². The van der Waals surface area contributed by atoms with E-state index < -0.39 is 0 Å². The third-order valence-corrected chi connectivity index (χ3v) is 5.33. The minimum Gasteiger partial charge on any atom is -0.342 e. The SMILES string of the molecule is O=C(C1CC1)N1CCCCCCn2c(nnc2-c2ccc(F)cc2)CC1. The minimum atomic E-state index is -0.250. The van der Waals surface area contributed by atoms with E-state index in [1.54, 1.807) is 12.1 Å². The average Bonchev–Trinajstić information content (AvgIpc) is 3.43. The highest BCUT2D eigenvalue weighted by Crippen LogP contribution is 2.31. The molecule has 0 N–H and O–H groups in total. The van der Waals surface area contributed by atoms with Crippen molar-refractivity contribution in [2.45, 2.75) is 51.5 Å². The first-order valence-electron chi connectivity index (χ1n) is 9.69. The van der Waals surface area contributed by atoms with Gasteiger partial charge in [-0.2, -0.15) is 0 Å². The van der Waals surface area contributed by atoms with Crippen LogP contribution in [0.3, 0.4) is 0 Å². The molecule has 0 atom stereocenters. The Morgan fingerprint density at radius 2 is 1.69 bits per heavy atom. The van der Waals surface area contributed by atoms with Crippen LogP contribution in [0, 0.1) is 11.7 Å². The van der Waals surface area contributed by atoms with E-state index in [-0.39, 0.29) is 11.7 Å². The molecule has 0 spiro atoms. The molecule has 1 amide bonds. The van der Waals surface area contributed by atoms with Gasteiger partial charge in [0.05, 0.1) is 0 Å². The lowest BCUT2D eigenvalue weighted by molar-refractivity contribution is -0.132. The maximum absolute atomic E-state index is 13.2. The number of carbonyl (C=O) groups is 1. The molecule has 2 aliphatic rings. The summed E-state index contributed by atoms with van der Waals surface area (Å²) < 4.78 is 15.4. The number of carbonyl (C=O) groups excluding carboxylic acids is 1. The first kappa shape index (κ1) is 17.2. The molecule has 26 heavy (non-hydrogen) atoms. The van der Waals surface area contributed by atoms with Crippen molar-refractivity contribution in [3.05, 3.63) is 35.9 Å². The summed E-state index contributed by atoms with van der Waals surface area (Å²) in [6.07, 6.45) is 7.20. The van der Waals surface area contributed by atoms with E-state index in [1.807, 2.05) is 4.90 Å². The normalized spacial score (nSPS) is 18.9. The summed E-state index contributed by atoms with van der Waals surface area (Å²) >= 11 is 0. The van der Waals surface area contributed by atoms with E-state index in [4.69, 9.17) is 0 Å². The number of benzene rings is 1. The van der Waals surface area contributed by atoms with Crippen molar-refractivity contribution in [3.63, 3.8) is 0 Å². The number of aromatic nitrogens is 3. The van der Waals surface area contributed by atoms with Crippen LogP contribution in [0.1, 0.15) is 44.3 Å². The number of nitrogens with zero attached hydrogens (tertiary/aromatic N) is 4. The number of hydrogen-bond donors (Lipinski definition) is 0. The van der Waals surface area contributed by atoms with E-state index in [1.165, 1.54) is 12.1 Å². The summed E-state index contributed by atoms with van der Waals surface area (Å²) in [5, 5.41) is 8.77. The summed E-state index contributed by atoms with van der Waals surface area (Å²) in [5.41, 5.74) is 0.880. The molecule has 2 heterocycles. The maximum atomic E-state index is 13.2. The third kappa shape index (κ3) is 3.79. The van der Waals surface area contributed by atoms with Crippen LogP contribution in [-0.2, 0) is 17.8 Å². The van der Waals surface area contributed by atoms with E-state index in [9.17, 15) is 9.18 Å². The lowest BCUT2D eigenvalue weighted by Crippen LogP contribution is -2.35. The van der Waals surface area contributed by atoms with Crippen LogP contribution >= 0.6 is 0 Å². The van der Waals surface area contributed by atoms with Crippen molar-refractivity contribution in [2.75, 3.05) is 13.1 Å². The fourth-order valence-corrected chi connectivity index (χ4v) is 3.65. The quantitative estimate of drug-likeness (QED) is 0.828. The first-order chi connectivity index (χ1) is 12.7. The Hall–Kier alpha value is -2.24. The number of amides is 1. The van der Waals surface area contributed by atoms with Gasteiger partial charge in [0.2, 0.25) is 5.91 Å². The topological polar surface area (TPSA) is 51.0 Å². The molecular formula is C20H25FN4O. The van der Waals surface area contributed by atoms with Crippen molar-refractivity contribution in [1.82, 2.24) is 19.7 Å². The van der Waals surface area contributed by atoms with Crippen LogP contribution in [0.5, 0.6) is 0 Å². The van der Waals surface area contributed by atoms with E-state index in [0.29, 0.717) is 18.9 Å². The van der Waals surface area contributed by atoms with Crippen LogP contribution in [0.2, 0.25) is 0 Å². The minimum absolute atomic E-state index is 0.250. The molecule has 1 aliphatic heterocycles. The Labute approximate surface area is 153 Å². The van der Waals surface area contributed by atoms with Gasteiger partial charge in [-0.25, -0.2) is 4.39 Å². The third-order valence-electron chi connectivity index (χ3n) is 5.33. The van der Waals surface area contributed by atoms with Crippen molar-refractivity contribution < 1.29 is 9.18 Å². The fourth-order valence-electron chi connectivity index (χ4n) is 3.65. The van der Waals surface area contributed by atoms with Gasteiger partial charge in [0, 0.05) is 37.5 Å². The van der Waals surface area contributed by atoms with E-state index in [0.717, 1.165) is 68.8 Å². The summed E-state index contributed by atoms with van der Waals surface area (Å²) in [7, 11) is 0. The summed E-state index contributed by atoms with van der Waals surface area (Å²) in [6.45, 7) is 2.43. The molecular weight excluding hydrogens is 331 g/mol. The van der Waals surface area contributed by atoms with Gasteiger partial charge in [0.15, 0.2) is 5.82 Å². The smallest absolute Gasteiger partial charge is 0.225 e. The van der Waals surface area contributed by atoms with Gasteiger partial charge in [0.1, 0.15) is 11.6 Å². The van der Waals surface area contributed by atoms with Gasteiger partial charge in [-0.15, -0.1) is 10.2 Å². The van der Waals surface area contributed by atoms with Crippen LogP contribution in [0.4, 0.5) is 4.39 Å². The first-order valence-corrected chi connectivity index (χ1v) is 9.69. The zero-order valence-electron chi connectivity index (χ0n) is 15.0. The van der Waals surface area contributed by atoms with Crippen LogP contribution in [-0.4, -0.2) is 38.7 Å². The molecule has 6 heteroatoms. The molecule has 0 unspecified atom stereocenters. The predicted octanol–water partition coefficient (Wildman–Crippen LogP) is 3.44. The maximum Gasteiger partial charge on any atom is 0.225 e. The standard InChI is InChI=1S/C20H25FN4O/c21-17-9-7-15(8-10-17)19-23-22-18-11-14-24(20(26)16-5-6-16)12-3-1-2-4-13-25(18)19/h7-10,16H,1-6,11-14H2. The Morgan fingerprint density at radius 1 is 0.962 bits per heavy atom. The molecule has 138 valence electrons. The lowest BCUT2D eigenvalue weighted by Gasteiger charge is -2.22. The Bertz CT molecular complexity index is 767. The summed E-state index contributed by atoms with van der Waals surface area (Å²) in [6, 6.07) is 6.41. The van der Waals surface area contributed by atoms with Gasteiger partial charge in [-0.1, -0.05) is 12.8 Å². The molecule has 1 aromatic carbocycles. The van der Waals surface area contributed by atoms with Crippen LogP contribution in [0.15, 0.2) is 24.3 Å². The molecule has 1 fully saturated rings. The number of hydrogen-bond acceptors (Lipinski definition) is 3.